The summed E-state index contributed by atoms with van der Waals surface area (Å²) < 4.78 is 0. The zero-order chi connectivity index (χ0) is 37.8. The molecule has 0 aliphatic carbocycles. The first-order chi connectivity index (χ1) is 28.2. The topological polar surface area (TPSA) is 4.36 Å². The first-order valence-corrected chi connectivity index (χ1v) is 19.6. The molecular formula is C56H33N. The van der Waals surface area contributed by atoms with Gasteiger partial charge in [0.25, 0.3) is 0 Å². The lowest BCUT2D eigenvalue weighted by molar-refractivity contribution is 1.46. The summed E-state index contributed by atoms with van der Waals surface area (Å²) in [7, 11) is 0. The minimum atomic E-state index is 0.659. The van der Waals surface area contributed by atoms with Crippen LogP contribution in [0.1, 0.15) is 5.56 Å². The van der Waals surface area contributed by atoms with Crippen molar-refractivity contribution in [3.8, 4) is 44.5 Å². The van der Waals surface area contributed by atoms with Crippen LogP contribution in [0, 0.1) is 13.5 Å². The Morgan fingerprint density at radius 3 is 1.58 bits per heavy atom. The third kappa shape index (κ3) is 4.44. The van der Waals surface area contributed by atoms with Crippen molar-refractivity contribution < 1.29 is 0 Å². The van der Waals surface area contributed by atoms with E-state index in [0.29, 0.717) is 5.69 Å². The molecule has 0 unspecified atom stereocenters. The highest BCUT2D eigenvalue weighted by Crippen LogP contribution is 2.55. The third-order valence-corrected chi connectivity index (χ3v) is 12.5. The van der Waals surface area contributed by atoms with E-state index in [0.717, 1.165) is 16.7 Å². The lowest BCUT2D eigenvalue weighted by atomic mass is 9.84. The summed E-state index contributed by atoms with van der Waals surface area (Å²) in [6, 6.07) is 66.9. The molecule has 12 aromatic carbocycles. The molecule has 0 atom stereocenters. The number of rotatable bonds is 4. The van der Waals surface area contributed by atoms with Crippen LogP contribution in [0.5, 0.6) is 0 Å². The highest BCUT2D eigenvalue weighted by molar-refractivity contribution is 6.45. The van der Waals surface area contributed by atoms with Crippen molar-refractivity contribution in [3.05, 3.63) is 199 Å². The zero-order valence-corrected chi connectivity index (χ0v) is 31.3. The number of benzene rings is 10. The van der Waals surface area contributed by atoms with E-state index in [-0.39, 0.29) is 0 Å². The van der Waals surface area contributed by atoms with Gasteiger partial charge in [0, 0.05) is 0 Å². The van der Waals surface area contributed by atoms with Crippen LogP contribution in [-0.4, -0.2) is 0 Å². The van der Waals surface area contributed by atoms with Crippen molar-refractivity contribution in [2.75, 3.05) is 0 Å². The molecule has 0 heterocycles. The monoisotopic (exact) mass is 719 g/mol. The van der Waals surface area contributed by atoms with Crippen molar-refractivity contribution in [3.63, 3.8) is 0 Å². The molecule has 0 aliphatic rings. The largest absolute Gasteiger partial charge is 0.238 e. The number of hydrogen-bond acceptors (Lipinski definition) is 0. The number of nitrogens with zero attached hydrogens (tertiary/aromatic N) is 1. The van der Waals surface area contributed by atoms with Gasteiger partial charge in [-0.25, -0.2) is 4.85 Å². The summed E-state index contributed by atoms with van der Waals surface area (Å²) in [6.07, 6.45) is 0. The van der Waals surface area contributed by atoms with Gasteiger partial charge < -0.3 is 0 Å². The summed E-state index contributed by atoms with van der Waals surface area (Å²) in [5, 5.41) is 18.2. The van der Waals surface area contributed by atoms with E-state index in [1.807, 2.05) is 12.1 Å². The van der Waals surface area contributed by atoms with E-state index in [1.165, 1.54) is 109 Å². The molecule has 12 aromatic rings. The fourth-order valence-electron chi connectivity index (χ4n) is 10.1. The Kier molecular flexibility index (Phi) is 6.68. The third-order valence-electron chi connectivity index (χ3n) is 12.5. The molecule has 0 aliphatic heterocycles. The Bertz CT molecular complexity index is 3630. The number of fused-ring (bicyclic) bond motifs is 8. The average molecular weight is 720 g/mol. The van der Waals surface area contributed by atoms with E-state index in [4.69, 9.17) is 6.57 Å². The molecule has 0 radical (unpaired) electrons. The predicted molar refractivity (Wildman–Crippen MR) is 244 cm³/mol. The van der Waals surface area contributed by atoms with Gasteiger partial charge in [-0.05, 0) is 151 Å². The van der Waals surface area contributed by atoms with Crippen molar-refractivity contribution in [2.24, 2.45) is 0 Å². The molecule has 262 valence electrons. The molecule has 0 fully saturated rings. The van der Waals surface area contributed by atoms with Gasteiger partial charge in [0.15, 0.2) is 5.69 Å². The van der Waals surface area contributed by atoms with Gasteiger partial charge in [-0.2, -0.15) is 0 Å². The predicted octanol–water partition coefficient (Wildman–Crippen LogP) is 16.2. The van der Waals surface area contributed by atoms with Crippen LogP contribution in [0.2, 0.25) is 0 Å². The van der Waals surface area contributed by atoms with Gasteiger partial charge in [0.1, 0.15) is 0 Å². The van der Waals surface area contributed by atoms with E-state index in [2.05, 4.69) is 182 Å². The van der Waals surface area contributed by atoms with Crippen LogP contribution in [-0.2, 0) is 0 Å². The Morgan fingerprint density at radius 1 is 0.316 bits per heavy atom. The zero-order valence-electron chi connectivity index (χ0n) is 31.3. The van der Waals surface area contributed by atoms with E-state index >= 15 is 0 Å². The smallest absolute Gasteiger partial charge is 0.187 e. The summed E-state index contributed by atoms with van der Waals surface area (Å²) in [6.45, 7) is 9.77. The highest BCUT2D eigenvalue weighted by atomic mass is 14.6. The Balaban J connectivity index is 1.27. The molecule has 0 saturated heterocycles. The van der Waals surface area contributed by atoms with Crippen LogP contribution in [0.15, 0.2) is 182 Å². The molecule has 0 N–H and O–H groups in total. The first kappa shape index (κ1) is 31.8. The molecule has 0 spiro atoms. The second kappa shape index (κ2) is 12.0. The summed E-state index contributed by atoms with van der Waals surface area (Å²) in [4.78, 5) is 3.73. The normalized spacial score (nSPS) is 11.9. The second-order valence-corrected chi connectivity index (χ2v) is 15.4. The first-order valence-electron chi connectivity index (χ1n) is 19.6. The maximum absolute atomic E-state index is 7.65. The van der Waals surface area contributed by atoms with Crippen molar-refractivity contribution in [1.82, 2.24) is 0 Å². The molecule has 0 aromatic heterocycles. The standard InChI is InChI=1S/C56H33N/c1-33-26-27-38(57-2)31-47(33)37-19-11-18-36(30-37)39-28-29-46-52-42(39)22-12-25-45(52)55-50(34-14-5-3-6-15-34)49-32-48-41-21-10-9-20-40(41)43-23-13-24-44(53(43)48)54(49)51(56(46)55)35-16-7-4-8-17-35/h3-32H,1H3. The van der Waals surface area contributed by atoms with Crippen LogP contribution < -0.4 is 0 Å². The SMILES string of the molecule is [C-]#[N+]c1ccc(C)c(-c2cccc(-c3ccc4c5c(-c6ccccc6)c6c(cc7c8ccccc8c8cccc6c87)c(-c6ccccc6)c5c5cccc3c54)c2)c1. The molecule has 0 amide bonds. The highest BCUT2D eigenvalue weighted by Gasteiger charge is 2.27. The van der Waals surface area contributed by atoms with Gasteiger partial charge in [0.05, 0.1) is 6.57 Å². The van der Waals surface area contributed by atoms with Crippen LogP contribution in [0.3, 0.4) is 0 Å². The van der Waals surface area contributed by atoms with Gasteiger partial charge in [-0.3, -0.25) is 0 Å². The van der Waals surface area contributed by atoms with Crippen LogP contribution in [0.25, 0.3) is 125 Å². The van der Waals surface area contributed by atoms with E-state index < -0.39 is 0 Å². The average Bonchev–Trinajstić information content (AvgIpc) is 3.78. The summed E-state index contributed by atoms with van der Waals surface area (Å²) in [5.41, 5.74) is 11.4. The van der Waals surface area contributed by atoms with Gasteiger partial charge in [-0.15, -0.1) is 0 Å². The fraction of sp³-hybridized carbons (Fsp3) is 0.0179. The maximum Gasteiger partial charge on any atom is 0.187 e. The molecule has 1 heteroatoms. The molecule has 57 heavy (non-hydrogen) atoms. The lowest BCUT2D eigenvalue weighted by Crippen LogP contribution is -1.91. The van der Waals surface area contributed by atoms with Crippen LogP contribution >= 0.6 is 0 Å². The Hall–Kier alpha value is -7.53. The van der Waals surface area contributed by atoms with Crippen molar-refractivity contribution >= 4 is 81.1 Å². The lowest BCUT2D eigenvalue weighted by Gasteiger charge is -2.19. The Labute approximate surface area is 330 Å². The minimum Gasteiger partial charge on any atom is -0.238 e. The molecule has 0 bridgehead atoms. The van der Waals surface area contributed by atoms with Crippen molar-refractivity contribution in [1.29, 1.82) is 0 Å². The molecule has 0 saturated carbocycles. The van der Waals surface area contributed by atoms with E-state index in [9.17, 15) is 0 Å². The number of hydrogen-bond donors (Lipinski definition) is 0. The molecule has 12 rings (SSSR count). The fourth-order valence-corrected chi connectivity index (χ4v) is 10.1. The molecular weight excluding hydrogens is 687 g/mol. The number of aryl methyl sites for hydroxylation is 1. The quantitative estimate of drug-likeness (QED) is 0.126. The molecule has 1 nitrogen and oxygen atoms in total. The Morgan fingerprint density at radius 2 is 0.842 bits per heavy atom. The second-order valence-electron chi connectivity index (χ2n) is 15.4. The minimum absolute atomic E-state index is 0.659. The van der Waals surface area contributed by atoms with Crippen LogP contribution in [0.4, 0.5) is 5.69 Å². The van der Waals surface area contributed by atoms with Crippen molar-refractivity contribution in [2.45, 2.75) is 6.92 Å². The summed E-state index contributed by atoms with van der Waals surface area (Å²) in [5.74, 6) is 0. The maximum atomic E-state index is 7.65. The van der Waals surface area contributed by atoms with Gasteiger partial charge >= 0.3 is 0 Å². The van der Waals surface area contributed by atoms with Gasteiger partial charge in [0.2, 0.25) is 0 Å². The van der Waals surface area contributed by atoms with E-state index in [1.54, 1.807) is 0 Å². The summed E-state index contributed by atoms with van der Waals surface area (Å²) >= 11 is 0. The van der Waals surface area contributed by atoms with Gasteiger partial charge in [-0.1, -0.05) is 164 Å².